The summed E-state index contributed by atoms with van der Waals surface area (Å²) >= 11 is 0. The van der Waals surface area contributed by atoms with Gasteiger partial charge < -0.3 is 25.2 Å². The highest BCUT2D eigenvalue weighted by atomic mass is 16.5. The van der Waals surface area contributed by atoms with Crippen LogP contribution in [0.3, 0.4) is 0 Å². The van der Waals surface area contributed by atoms with Crippen LogP contribution in [-0.4, -0.2) is 47.7 Å². The van der Waals surface area contributed by atoms with Crippen molar-refractivity contribution in [2.75, 3.05) is 53.2 Å². The molecule has 6 rings (SSSR count). The summed E-state index contributed by atoms with van der Waals surface area (Å²) in [6, 6.07) is 8.68. The van der Waals surface area contributed by atoms with Gasteiger partial charge in [-0.3, -0.25) is 0 Å². The first-order valence-corrected chi connectivity index (χ1v) is 13.3. The second-order valence-electron chi connectivity index (χ2n) is 10.1. The highest BCUT2D eigenvalue weighted by molar-refractivity contribution is 5.70. The minimum absolute atomic E-state index is 0.641. The highest BCUT2D eigenvalue weighted by Gasteiger charge is 2.24. The third kappa shape index (κ3) is 4.52. The molecule has 8 heteroatoms. The molecule has 3 aromatic rings. The maximum atomic E-state index is 5.70. The number of aromatic nitrogens is 3. The first-order valence-electron chi connectivity index (χ1n) is 13.3. The van der Waals surface area contributed by atoms with Gasteiger partial charge in [-0.1, -0.05) is 13.3 Å². The minimum atomic E-state index is 0.641. The van der Waals surface area contributed by atoms with E-state index in [1.165, 1.54) is 36.1 Å². The van der Waals surface area contributed by atoms with E-state index in [9.17, 15) is 0 Å². The summed E-state index contributed by atoms with van der Waals surface area (Å²) in [6.45, 7) is 9.86. The van der Waals surface area contributed by atoms with Crippen LogP contribution in [0.4, 0.5) is 28.7 Å². The van der Waals surface area contributed by atoms with Gasteiger partial charge in [-0.15, -0.1) is 0 Å². The zero-order valence-corrected chi connectivity index (χ0v) is 21.3. The Hall–Kier alpha value is -3.55. The van der Waals surface area contributed by atoms with Gasteiger partial charge in [0.1, 0.15) is 12.3 Å². The molecule has 3 aliphatic heterocycles. The van der Waals surface area contributed by atoms with Gasteiger partial charge in [0.15, 0.2) is 0 Å². The summed E-state index contributed by atoms with van der Waals surface area (Å²) in [5.41, 5.74) is 7.90. The van der Waals surface area contributed by atoms with Crippen molar-refractivity contribution >= 4 is 28.7 Å². The van der Waals surface area contributed by atoms with Crippen LogP contribution in [0.1, 0.15) is 43.0 Å². The van der Waals surface area contributed by atoms with Gasteiger partial charge >= 0.3 is 0 Å². The molecule has 0 atom stereocenters. The van der Waals surface area contributed by atoms with E-state index < -0.39 is 0 Å². The van der Waals surface area contributed by atoms with E-state index in [0.29, 0.717) is 18.4 Å². The number of fused-ring (bicyclic) bond motifs is 2. The van der Waals surface area contributed by atoms with E-state index in [-0.39, 0.29) is 0 Å². The van der Waals surface area contributed by atoms with Crippen molar-refractivity contribution in [2.24, 2.45) is 5.92 Å². The van der Waals surface area contributed by atoms with E-state index in [2.05, 4.69) is 68.5 Å². The van der Waals surface area contributed by atoms with Crippen LogP contribution in [0.2, 0.25) is 0 Å². The van der Waals surface area contributed by atoms with Crippen LogP contribution in [0.15, 0.2) is 36.7 Å². The normalized spacial score (nSPS) is 17.6. The van der Waals surface area contributed by atoms with E-state index in [0.717, 1.165) is 67.8 Å². The molecule has 0 saturated carbocycles. The molecule has 0 unspecified atom stereocenters. The predicted molar refractivity (Wildman–Crippen MR) is 145 cm³/mol. The summed E-state index contributed by atoms with van der Waals surface area (Å²) in [5, 5.41) is 6.85. The highest BCUT2D eigenvalue weighted by Crippen LogP contribution is 2.36. The lowest BCUT2D eigenvalue weighted by atomic mass is 9.94. The van der Waals surface area contributed by atoms with E-state index in [4.69, 9.17) is 9.72 Å². The van der Waals surface area contributed by atoms with Crippen molar-refractivity contribution in [2.45, 2.75) is 46.1 Å². The van der Waals surface area contributed by atoms with Crippen LogP contribution in [0.25, 0.3) is 0 Å². The Morgan fingerprint density at radius 1 is 1.06 bits per heavy atom. The van der Waals surface area contributed by atoms with Gasteiger partial charge in [0, 0.05) is 49.3 Å². The summed E-state index contributed by atoms with van der Waals surface area (Å²) in [5.74, 6) is 2.23. The fraction of sp³-hybridized carbons (Fsp3) is 0.464. The largest absolute Gasteiger partial charge is 0.474 e. The molecule has 8 nitrogen and oxygen atoms in total. The molecule has 0 amide bonds. The van der Waals surface area contributed by atoms with Gasteiger partial charge in [0.05, 0.1) is 24.1 Å². The average Bonchev–Trinajstić information content (AvgIpc) is 2.93. The third-order valence-electron chi connectivity index (χ3n) is 7.89. The van der Waals surface area contributed by atoms with Gasteiger partial charge in [0.25, 0.3) is 0 Å². The summed E-state index contributed by atoms with van der Waals surface area (Å²) < 4.78 is 5.70. The molecule has 3 aliphatic rings. The van der Waals surface area contributed by atoms with Crippen LogP contribution in [0.5, 0.6) is 5.88 Å². The molecule has 1 aromatic carbocycles. The number of pyridine rings is 1. The third-order valence-corrected chi connectivity index (χ3v) is 7.89. The first-order chi connectivity index (χ1) is 17.7. The van der Waals surface area contributed by atoms with Crippen molar-refractivity contribution < 1.29 is 4.74 Å². The van der Waals surface area contributed by atoms with Gasteiger partial charge in [-0.2, -0.15) is 0 Å². The molecule has 2 aromatic heterocycles. The van der Waals surface area contributed by atoms with Crippen LogP contribution in [0, 0.1) is 12.8 Å². The molecule has 0 spiro atoms. The number of nitrogens with zero attached hydrogens (tertiary/aromatic N) is 5. The Morgan fingerprint density at radius 2 is 1.89 bits per heavy atom. The molecule has 1 fully saturated rings. The minimum Gasteiger partial charge on any atom is -0.474 e. The zero-order chi connectivity index (χ0) is 24.5. The second-order valence-corrected chi connectivity index (χ2v) is 10.1. The average molecular weight is 486 g/mol. The molecule has 0 bridgehead atoms. The summed E-state index contributed by atoms with van der Waals surface area (Å²) in [7, 11) is 0. The predicted octanol–water partition coefficient (Wildman–Crippen LogP) is 4.92. The Morgan fingerprint density at radius 3 is 2.69 bits per heavy atom. The number of nitrogens with one attached hydrogen (secondary N) is 2. The molecule has 5 heterocycles. The molecule has 0 aliphatic carbocycles. The van der Waals surface area contributed by atoms with Crippen LogP contribution < -0.4 is 25.2 Å². The van der Waals surface area contributed by atoms with Crippen molar-refractivity contribution in [1.82, 2.24) is 15.0 Å². The van der Waals surface area contributed by atoms with Crippen LogP contribution >= 0.6 is 0 Å². The number of piperidine rings is 1. The van der Waals surface area contributed by atoms with E-state index >= 15 is 0 Å². The number of anilines is 5. The molecular formula is C28H35N7O. The standard InChI is InChI=1S/C28H35N7O/c1-3-20-8-12-34(13-9-20)23-6-4-22(5-7-23)32-28-31-16-21-10-14-35(18-24(21)33-28)25-17-30-27-26(19(25)2)29-11-15-36-27/h4-7,16-17,20,29H,3,8-15,18H2,1-2H3,(H,31,32,33). The SMILES string of the molecule is CCC1CCN(c2ccc(Nc3ncc4c(n3)CN(c3cnc5c(c3C)NCCO5)CC4)cc2)CC1. The van der Waals surface area contributed by atoms with Crippen molar-refractivity contribution in [3.8, 4) is 5.88 Å². The fourth-order valence-electron chi connectivity index (χ4n) is 5.58. The Kier molecular flexibility index (Phi) is 6.25. The van der Waals surface area contributed by atoms with Gasteiger partial charge in [-0.25, -0.2) is 15.0 Å². The molecule has 1 saturated heterocycles. The molecule has 2 N–H and O–H groups in total. The van der Waals surface area contributed by atoms with Crippen LogP contribution in [-0.2, 0) is 13.0 Å². The van der Waals surface area contributed by atoms with Crippen molar-refractivity contribution in [3.05, 3.63) is 53.5 Å². The van der Waals surface area contributed by atoms with Crippen molar-refractivity contribution in [3.63, 3.8) is 0 Å². The zero-order valence-electron chi connectivity index (χ0n) is 21.3. The first kappa shape index (κ1) is 22.9. The molecular weight excluding hydrogens is 450 g/mol. The summed E-state index contributed by atoms with van der Waals surface area (Å²) in [4.78, 5) is 18.9. The quantitative estimate of drug-likeness (QED) is 0.527. The monoisotopic (exact) mass is 485 g/mol. The molecule has 188 valence electrons. The maximum absolute atomic E-state index is 5.70. The lowest BCUT2D eigenvalue weighted by molar-refractivity contribution is 0.310. The lowest BCUT2D eigenvalue weighted by Crippen LogP contribution is -2.33. The van der Waals surface area contributed by atoms with E-state index in [1.807, 2.05) is 12.4 Å². The summed E-state index contributed by atoms with van der Waals surface area (Å²) in [6.07, 6.45) is 8.70. The van der Waals surface area contributed by atoms with Gasteiger partial charge in [0.2, 0.25) is 11.8 Å². The number of ether oxygens (including phenoxy) is 1. The number of benzene rings is 1. The topological polar surface area (TPSA) is 78.4 Å². The van der Waals surface area contributed by atoms with E-state index in [1.54, 1.807) is 0 Å². The molecule has 0 radical (unpaired) electrons. The number of rotatable bonds is 5. The lowest BCUT2D eigenvalue weighted by Gasteiger charge is -2.33. The fourth-order valence-corrected chi connectivity index (χ4v) is 5.58. The Bertz CT molecular complexity index is 1220. The number of hydrogen-bond donors (Lipinski definition) is 2. The Balaban J connectivity index is 1.14. The Labute approximate surface area is 213 Å². The smallest absolute Gasteiger partial charge is 0.237 e. The second kappa shape index (κ2) is 9.84. The molecule has 36 heavy (non-hydrogen) atoms. The number of hydrogen-bond acceptors (Lipinski definition) is 8. The van der Waals surface area contributed by atoms with Gasteiger partial charge in [-0.05, 0) is 61.9 Å². The maximum Gasteiger partial charge on any atom is 0.237 e. The van der Waals surface area contributed by atoms with Crippen molar-refractivity contribution in [1.29, 1.82) is 0 Å².